The van der Waals surface area contributed by atoms with E-state index in [4.69, 9.17) is 10.5 Å². The molecule has 0 radical (unpaired) electrons. The molecule has 0 unspecified atom stereocenters. The minimum absolute atomic E-state index is 0.0142. The minimum Gasteiger partial charge on any atom is -0.444 e. The molecular weight excluding hydrogens is 522 g/mol. The molecule has 41 heavy (non-hydrogen) atoms. The lowest BCUT2D eigenvalue weighted by Crippen LogP contribution is -2.61. The summed E-state index contributed by atoms with van der Waals surface area (Å²) in [4.78, 5) is 54.7. The second kappa shape index (κ2) is 13.6. The van der Waals surface area contributed by atoms with Crippen molar-refractivity contribution in [1.29, 1.82) is 0 Å². The Kier molecular flexibility index (Phi) is 10.7. The van der Waals surface area contributed by atoms with Gasteiger partial charge in [-0.2, -0.15) is 0 Å². The Balaban J connectivity index is 1.64. The highest BCUT2D eigenvalue weighted by atomic mass is 16.6. The van der Waals surface area contributed by atoms with Gasteiger partial charge in [-0.15, -0.1) is 0 Å². The molecule has 1 aromatic rings. The third-order valence-electron chi connectivity index (χ3n) is 7.97. The van der Waals surface area contributed by atoms with Crippen LogP contribution in [0.4, 0.5) is 9.59 Å². The molecule has 4 N–H and O–H groups in total. The lowest BCUT2D eigenvalue weighted by Gasteiger charge is -2.43. The van der Waals surface area contributed by atoms with Crippen LogP contribution in [0.15, 0.2) is 24.3 Å². The quantitative estimate of drug-likeness (QED) is 0.456. The number of carbonyl (C=O) groups excluding carboxylic acids is 4. The largest absolute Gasteiger partial charge is 0.444 e. The number of amides is 5. The number of urea groups is 1. The molecular formula is C31H49N5O5. The van der Waals surface area contributed by atoms with Crippen molar-refractivity contribution in [2.45, 2.75) is 116 Å². The van der Waals surface area contributed by atoms with E-state index in [2.05, 4.69) is 22.8 Å². The van der Waals surface area contributed by atoms with E-state index in [0.717, 1.165) is 31.2 Å². The number of primary amides is 1. The van der Waals surface area contributed by atoms with Crippen molar-refractivity contribution in [3.05, 3.63) is 35.4 Å². The summed E-state index contributed by atoms with van der Waals surface area (Å²) in [6, 6.07) is 6.29. The zero-order valence-corrected chi connectivity index (χ0v) is 25.7. The van der Waals surface area contributed by atoms with Crippen LogP contribution >= 0.6 is 0 Å². The van der Waals surface area contributed by atoms with Gasteiger partial charge < -0.3 is 26.0 Å². The first-order valence-electron chi connectivity index (χ1n) is 14.9. The van der Waals surface area contributed by atoms with Crippen molar-refractivity contribution in [2.24, 2.45) is 11.7 Å². The van der Waals surface area contributed by atoms with E-state index < -0.39 is 35.6 Å². The summed E-state index contributed by atoms with van der Waals surface area (Å²) < 4.78 is 5.61. The van der Waals surface area contributed by atoms with Crippen LogP contribution in [0.5, 0.6) is 0 Å². The van der Waals surface area contributed by atoms with E-state index in [0.29, 0.717) is 19.0 Å². The Morgan fingerprint density at radius 2 is 1.59 bits per heavy atom. The number of ether oxygens (including phenoxy) is 1. The van der Waals surface area contributed by atoms with E-state index in [1.54, 1.807) is 20.8 Å². The molecule has 2 aliphatic rings. The Bertz CT molecular complexity index is 1080. The summed E-state index contributed by atoms with van der Waals surface area (Å²) in [7, 11) is 0. The first kappa shape index (κ1) is 32.2. The lowest BCUT2D eigenvalue weighted by atomic mass is 9.86. The van der Waals surface area contributed by atoms with E-state index >= 15 is 0 Å². The number of benzene rings is 1. The molecule has 0 spiro atoms. The average Bonchev–Trinajstić information content (AvgIpc) is 2.88. The number of hydrogen-bond donors (Lipinski definition) is 3. The summed E-state index contributed by atoms with van der Waals surface area (Å²) in [6.07, 6.45) is 3.03. The molecule has 4 atom stereocenters. The molecule has 2 saturated heterocycles. The summed E-state index contributed by atoms with van der Waals surface area (Å²) in [6.45, 7) is 14.6. The molecule has 10 nitrogen and oxygen atoms in total. The molecule has 0 saturated carbocycles. The highest BCUT2D eigenvalue weighted by Crippen LogP contribution is 2.31. The fourth-order valence-corrected chi connectivity index (χ4v) is 5.74. The molecule has 0 aliphatic carbocycles. The molecule has 2 fully saturated rings. The maximum atomic E-state index is 13.5. The number of piperidine rings is 2. The van der Waals surface area contributed by atoms with E-state index in [9.17, 15) is 19.2 Å². The maximum absolute atomic E-state index is 13.5. The standard InChI is InChI=1S/C31H49N5O5/c1-19(2)33-29(39)35-16-14-24(15-17-35)23-12-10-22(11-13-23)18-25(27(32)37)34-28(38)26-20(3)8-9-21(4)36(26)30(40)41-31(5,6)7/h10-13,19-21,24-26H,8-9,14-18H2,1-7H3,(H2,32,37)(H,33,39)(H,34,38)/t20-,21+,25+,26+/m1/s1. The van der Waals surface area contributed by atoms with Gasteiger partial charge in [-0.25, -0.2) is 9.59 Å². The third kappa shape index (κ3) is 8.84. The van der Waals surface area contributed by atoms with Crippen LogP contribution in [0.25, 0.3) is 0 Å². The Morgan fingerprint density at radius 1 is 0.976 bits per heavy atom. The summed E-state index contributed by atoms with van der Waals surface area (Å²) in [5, 5.41) is 5.78. The first-order valence-corrected chi connectivity index (χ1v) is 14.9. The molecule has 5 amide bonds. The molecule has 3 rings (SSSR count). The number of hydrogen-bond acceptors (Lipinski definition) is 5. The summed E-state index contributed by atoms with van der Waals surface area (Å²) in [5.74, 6) is -0.778. The fraction of sp³-hybridized carbons (Fsp3) is 0.677. The number of nitrogens with two attached hydrogens (primary N) is 1. The second-order valence-electron chi connectivity index (χ2n) is 13.0. The average molecular weight is 572 g/mol. The maximum Gasteiger partial charge on any atom is 0.411 e. The molecule has 1 aromatic carbocycles. The van der Waals surface area contributed by atoms with Gasteiger partial charge in [0.05, 0.1) is 0 Å². The van der Waals surface area contributed by atoms with Gasteiger partial charge in [0.1, 0.15) is 17.7 Å². The van der Waals surface area contributed by atoms with Crippen LogP contribution in [0.1, 0.15) is 91.2 Å². The van der Waals surface area contributed by atoms with Crippen molar-refractivity contribution in [3.8, 4) is 0 Å². The Hall–Kier alpha value is -3.30. The number of likely N-dealkylation sites (tertiary alicyclic amines) is 2. The molecule has 0 aromatic heterocycles. The van der Waals surface area contributed by atoms with E-state index in [1.165, 1.54) is 10.5 Å². The van der Waals surface area contributed by atoms with Crippen molar-refractivity contribution in [2.75, 3.05) is 13.1 Å². The minimum atomic E-state index is -0.916. The Morgan fingerprint density at radius 3 is 2.12 bits per heavy atom. The van der Waals surface area contributed by atoms with Gasteiger partial charge in [-0.05, 0) is 90.2 Å². The van der Waals surface area contributed by atoms with Gasteiger partial charge in [0, 0.05) is 31.6 Å². The van der Waals surface area contributed by atoms with Crippen LogP contribution in [-0.2, 0) is 20.7 Å². The van der Waals surface area contributed by atoms with Crippen LogP contribution in [0.3, 0.4) is 0 Å². The van der Waals surface area contributed by atoms with Gasteiger partial charge in [-0.1, -0.05) is 31.2 Å². The summed E-state index contributed by atoms with van der Waals surface area (Å²) >= 11 is 0. The van der Waals surface area contributed by atoms with Gasteiger partial charge in [0.25, 0.3) is 0 Å². The van der Waals surface area contributed by atoms with Crippen LogP contribution in [0, 0.1) is 5.92 Å². The number of nitrogens with zero attached hydrogens (tertiary/aromatic N) is 2. The predicted molar refractivity (Wildman–Crippen MR) is 158 cm³/mol. The van der Waals surface area contributed by atoms with Crippen LogP contribution in [0.2, 0.25) is 0 Å². The van der Waals surface area contributed by atoms with Crippen molar-refractivity contribution < 1.29 is 23.9 Å². The molecule has 2 heterocycles. The Labute approximate surface area is 244 Å². The van der Waals surface area contributed by atoms with Crippen LogP contribution < -0.4 is 16.4 Å². The van der Waals surface area contributed by atoms with E-state index in [-0.39, 0.29) is 30.5 Å². The normalized spacial score (nSPS) is 22.7. The highest BCUT2D eigenvalue weighted by Gasteiger charge is 2.43. The second-order valence-corrected chi connectivity index (χ2v) is 13.0. The molecule has 0 bridgehead atoms. The van der Waals surface area contributed by atoms with Gasteiger partial charge in [0.2, 0.25) is 11.8 Å². The zero-order valence-electron chi connectivity index (χ0n) is 25.7. The fourth-order valence-electron chi connectivity index (χ4n) is 5.74. The SMILES string of the molecule is CC(C)NC(=O)N1CCC(c2ccc(C[C@H](NC(=O)[C@@H]3[C@H](C)CC[C@H](C)N3C(=O)OC(C)(C)C)C(N)=O)cc2)CC1. The molecule has 228 valence electrons. The van der Waals surface area contributed by atoms with E-state index in [1.807, 2.05) is 44.7 Å². The predicted octanol–water partition coefficient (Wildman–Crippen LogP) is 3.92. The zero-order chi connectivity index (χ0) is 30.5. The number of carbonyl (C=O) groups is 4. The molecule has 2 aliphatic heterocycles. The summed E-state index contributed by atoms with van der Waals surface area (Å²) in [5.41, 5.74) is 7.09. The number of nitrogens with one attached hydrogen (secondary N) is 2. The first-order chi connectivity index (χ1) is 19.2. The monoisotopic (exact) mass is 571 g/mol. The third-order valence-corrected chi connectivity index (χ3v) is 7.97. The van der Waals surface area contributed by atoms with Crippen molar-refractivity contribution in [1.82, 2.24) is 20.4 Å². The van der Waals surface area contributed by atoms with Gasteiger partial charge in [-0.3, -0.25) is 14.5 Å². The van der Waals surface area contributed by atoms with Gasteiger partial charge in [0.15, 0.2) is 0 Å². The van der Waals surface area contributed by atoms with Crippen molar-refractivity contribution >= 4 is 23.9 Å². The topological polar surface area (TPSA) is 134 Å². The van der Waals surface area contributed by atoms with Crippen molar-refractivity contribution in [3.63, 3.8) is 0 Å². The lowest BCUT2D eigenvalue weighted by molar-refractivity contribution is -0.134. The van der Waals surface area contributed by atoms with Gasteiger partial charge >= 0.3 is 12.1 Å². The number of rotatable bonds is 7. The smallest absolute Gasteiger partial charge is 0.411 e. The van der Waals surface area contributed by atoms with Crippen LogP contribution in [-0.4, -0.2) is 76.6 Å². The molecule has 10 heteroatoms. The highest BCUT2D eigenvalue weighted by molar-refractivity contribution is 5.91.